The van der Waals surface area contributed by atoms with Gasteiger partial charge in [0.25, 0.3) is 0 Å². The second-order valence-electron chi connectivity index (χ2n) is 5.17. The van der Waals surface area contributed by atoms with Crippen molar-refractivity contribution < 1.29 is 14.3 Å². The van der Waals surface area contributed by atoms with E-state index in [0.717, 1.165) is 11.5 Å². The summed E-state index contributed by atoms with van der Waals surface area (Å²) in [6.45, 7) is -0.321. The third-order valence-corrected chi connectivity index (χ3v) is 6.98. The van der Waals surface area contributed by atoms with E-state index in [0.29, 0.717) is 20.7 Å². The molecule has 24 heavy (non-hydrogen) atoms. The highest BCUT2D eigenvalue weighted by molar-refractivity contribution is 8.19. The molecule has 1 aliphatic rings. The first-order chi connectivity index (χ1) is 11.6. The molecule has 0 bridgehead atoms. The van der Waals surface area contributed by atoms with E-state index in [4.69, 9.17) is 16.3 Å². The number of Topliss-reactive ketones (excluding diaryl/α,β-unsaturated/α-hetero) is 1. The van der Waals surface area contributed by atoms with Crippen molar-refractivity contribution >= 4 is 46.9 Å². The molecule has 2 aromatic carbocycles. The molecular weight excluding hydrogens is 364 g/mol. The minimum absolute atomic E-state index is 0.315. The second-order valence-corrected chi connectivity index (χ2v) is 8.31. The van der Waals surface area contributed by atoms with Gasteiger partial charge < -0.3 is 4.74 Å². The molecule has 1 aliphatic heterocycles. The fraction of sp³-hybridized carbons (Fsp3) is 0.222. The summed E-state index contributed by atoms with van der Waals surface area (Å²) in [5.41, 5.74) is 2.00. The van der Waals surface area contributed by atoms with E-state index < -0.39 is 5.97 Å². The quantitative estimate of drug-likeness (QED) is 0.549. The third-order valence-electron chi connectivity index (χ3n) is 3.55. The molecule has 0 N–H and O–H groups in total. The summed E-state index contributed by atoms with van der Waals surface area (Å²) < 4.78 is 5.55. The standard InChI is InChI=1S/C18H15ClO3S2/c19-15-4-2-1-3-14(15)16(20)11-22-17(21)12-5-7-13(8-6-12)18-23-9-10-24-18/h1-8,18H,9-11H2. The number of hydrogen-bond acceptors (Lipinski definition) is 5. The topological polar surface area (TPSA) is 43.4 Å². The second kappa shape index (κ2) is 8.10. The van der Waals surface area contributed by atoms with Crippen molar-refractivity contribution in [1.82, 2.24) is 0 Å². The van der Waals surface area contributed by atoms with E-state index in [2.05, 4.69) is 0 Å². The van der Waals surface area contributed by atoms with Gasteiger partial charge in [-0.15, -0.1) is 23.5 Å². The predicted molar refractivity (Wildman–Crippen MR) is 100 cm³/mol. The normalized spacial score (nSPS) is 14.5. The molecule has 1 fully saturated rings. The van der Waals surface area contributed by atoms with Gasteiger partial charge in [-0.2, -0.15) is 0 Å². The van der Waals surface area contributed by atoms with Crippen molar-refractivity contribution in [3.8, 4) is 0 Å². The molecule has 3 nitrogen and oxygen atoms in total. The van der Waals surface area contributed by atoms with Gasteiger partial charge in [-0.3, -0.25) is 4.79 Å². The number of rotatable bonds is 5. The molecule has 0 spiro atoms. The first-order valence-corrected chi connectivity index (χ1v) is 9.91. The average molecular weight is 379 g/mol. The monoisotopic (exact) mass is 378 g/mol. The Bertz CT molecular complexity index is 740. The van der Waals surface area contributed by atoms with Gasteiger partial charge in [0.2, 0.25) is 5.78 Å². The molecule has 2 aromatic rings. The Morgan fingerprint density at radius 1 is 1.04 bits per heavy atom. The molecule has 0 unspecified atom stereocenters. The van der Waals surface area contributed by atoms with Gasteiger partial charge in [-0.1, -0.05) is 35.9 Å². The number of hydrogen-bond donors (Lipinski definition) is 0. The van der Waals surface area contributed by atoms with Crippen LogP contribution in [0.1, 0.15) is 30.9 Å². The maximum Gasteiger partial charge on any atom is 0.338 e. The third kappa shape index (κ3) is 4.15. The van der Waals surface area contributed by atoms with E-state index in [1.54, 1.807) is 36.4 Å². The number of ether oxygens (including phenoxy) is 1. The molecule has 3 rings (SSSR count). The van der Waals surface area contributed by atoms with E-state index in [1.165, 1.54) is 5.56 Å². The first-order valence-electron chi connectivity index (χ1n) is 7.43. The molecule has 6 heteroatoms. The van der Waals surface area contributed by atoms with E-state index >= 15 is 0 Å². The van der Waals surface area contributed by atoms with Crippen LogP contribution >= 0.6 is 35.1 Å². The Hall–Kier alpha value is -1.43. The van der Waals surface area contributed by atoms with Gasteiger partial charge in [0.05, 0.1) is 15.2 Å². The lowest BCUT2D eigenvalue weighted by molar-refractivity contribution is 0.0475. The van der Waals surface area contributed by atoms with Crippen molar-refractivity contribution in [2.75, 3.05) is 18.1 Å². The fourth-order valence-corrected chi connectivity index (χ4v) is 5.41. The maximum absolute atomic E-state index is 12.1. The Morgan fingerprint density at radius 2 is 1.71 bits per heavy atom. The van der Waals surface area contributed by atoms with Crippen molar-refractivity contribution in [3.05, 3.63) is 70.2 Å². The number of carbonyl (C=O) groups is 2. The summed E-state index contributed by atoms with van der Waals surface area (Å²) in [6.07, 6.45) is 0. The van der Waals surface area contributed by atoms with Gasteiger partial charge in [0, 0.05) is 17.1 Å². The Balaban J connectivity index is 1.58. The van der Waals surface area contributed by atoms with Crippen molar-refractivity contribution in [2.45, 2.75) is 4.58 Å². The lowest BCUT2D eigenvalue weighted by atomic mass is 10.1. The first kappa shape index (κ1) is 17.4. The summed E-state index contributed by atoms with van der Waals surface area (Å²) in [6, 6.07) is 14.1. The van der Waals surface area contributed by atoms with Crippen LogP contribution in [-0.4, -0.2) is 29.9 Å². The molecule has 0 saturated carbocycles. The lowest BCUT2D eigenvalue weighted by Gasteiger charge is -2.09. The number of carbonyl (C=O) groups excluding carboxylic acids is 2. The zero-order valence-corrected chi connectivity index (χ0v) is 15.1. The summed E-state index contributed by atoms with van der Waals surface area (Å²) in [5.74, 6) is 1.49. The number of halogens is 1. The van der Waals surface area contributed by atoms with Gasteiger partial charge >= 0.3 is 5.97 Å². The lowest BCUT2D eigenvalue weighted by Crippen LogP contribution is -2.14. The van der Waals surface area contributed by atoms with Crippen LogP contribution in [0, 0.1) is 0 Å². The highest BCUT2D eigenvalue weighted by Crippen LogP contribution is 2.45. The smallest absolute Gasteiger partial charge is 0.338 e. The SMILES string of the molecule is O=C(OCC(=O)c1ccccc1Cl)c1ccc(C2SCCS2)cc1. The molecule has 0 atom stereocenters. The zero-order chi connectivity index (χ0) is 16.9. The zero-order valence-electron chi connectivity index (χ0n) is 12.7. The van der Waals surface area contributed by atoms with Gasteiger partial charge in [-0.05, 0) is 29.8 Å². The number of esters is 1. The molecule has 0 radical (unpaired) electrons. The number of thioether (sulfide) groups is 2. The molecule has 124 valence electrons. The van der Waals surface area contributed by atoms with Crippen molar-refractivity contribution in [2.24, 2.45) is 0 Å². The largest absolute Gasteiger partial charge is 0.454 e. The Labute approximate surface area is 154 Å². The van der Waals surface area contributed by atoms with Crippen LogP contribution in [0.5, 0.6) is 0 Å². The summed E-state index contributed by atoms with van der Waals surface area (Å²) in [7, 11) is 0. The summed E-state index contributed by atoms with van der Waals surface area (Å²) in [4.78, 5) is 24.1. The van der Waals surface area contributed by atoms with Gasteiger partial charge in [0.15, 0.2) is 6.61 Å². The van der Waals surface area contributed by atoms with Crippen LogP contribution in [0.3, 0.4) is 0 Å². The molecule has 0 aromatic heterocycles. The van der Waals surface area contributed by atoms with E-state index in [9.17, 15) is 9.59 Å². The molecular formula is C18H15ClO3S2. The Kier molecular flexibility index (Phi) is 5.87. The number of ketones is 1. The van der Waals surface area contributed by atoms with Crippen LogP contribution in [0.2, 0.25) is 5.02 Å². The predicted octanol–water partition coefficient (Wildman–Crippen LogP) is 4.86. The molecule has 1 heterocycles. The number of benzene rings is 2. The maximum atomic E-state index is 12.1. The molecule has 0 aliphatic carbocycles. The molecule has 1 saturated heterocycles. The van der Waals surface area contributed by atoms with Gasteiger partial charge in [-0.25, -0.2) is 4.79 Å². The summed E-state index contributed by atoms with van der Waals surface area (Å²) >= 11 is 9.79. The fourth-order valence-electron chi connectivity index (χ4n) is 2.31. The van der Waals surface area contributed by atoms with Crippen LogP contribution < -0.4 is 0 Å². The van der Waals surface area contributed by atoms with Crippen LogP contribution in [0.15, 0.2) is 48.5 Å². The minimum atomic E-state index is -0.506. The highest BCUT2D eigenvalue weighted by Gasteiger charge is 2.19. The van der Waals surface area contributed by atoms with Gasteiger partial charge in [0.1, 0.15) is 0 Å². The molecule has 0 amide bonds. The van der Waals surface area contributed by atoms with Crippen molar-refractivity contribution in [1.29, 1.82) is 0 Å². The van der Waals surface area contributed by atoms with E-state index in [1.807, 2.05) is 35.7 Å². The van der Waals surface area contributed by atoms with Crippen LogP contribution in [0.4, 0.5) is 0 Å². The minimum Gasteiger partial charge on any atom is -0.454 e. The van der Waals surface area contributed by atoms with E-state index in [-0.39, 0.29) is 12.4 Å². The average Bonchev–Trinajstić information content (AvgIpc) is 3.14. The van der Waals surface area contributed by atoms with Crippen LogP contribution in [-0.2, 0) is 4.74 Å². The van der Waals surface area contributed by atoms with Crippen molar-refractivity contribution in [3.63, 3.8) is 0 Å². The summed E-state index contributed by atoms with van der Waals surface area (Å²) in [5, 5.41) is 0.356. The Morgan fingerprint density at radius 3 is 2.38 bits per heavy atom. The van der Waals surface area contributed by atoms with Crippen LogP contribution in [0.25, 0.3) is 0 Å². The highest BCUT2D eigenvalue weighted by atomic mass is 35.5.